The van der Waals surface area contributed by atoms with E-state index in [0.717, 1.165) is 40.4 Å². The number of thioether (sulfide) groups is 1. The van der Waals surface area contributed by atoms with Crippen molar-refractivity contribution in [2.24, 2.45) is 0 Å². The first-order chi connectivity index (χ1) is 13.8. The number of benzene rings is 1. The summed E-state index contributed by atoms with van der Waals surface area (Å²) < 4.78 is 2.03. The van der Waals surface area contributed by atoms with Gasteiger partial charge in [-0.3, -0.25) is 4.79 Å². The van der Waals surface area contributed by atoms with Crippen molar-refractivity contribution in [3.8, 4) is 0 Å². The third kappa shape index (κ3) is 4.76. The van der Waals surface area contributed by atoms with Crippen LogP contribution in [0.4, 0.5) is 0 Å². The zero-order valence-electron chi connectivity index (χ0n) is 16.1. The van der Waals surface area contributed by atoms with Crippen molar-refractivity contribution in [2.75, 3.05) is 0 Å². The molecule has 2 aromatic heterocycles. The number of pyridine rings is 1. The highest BCUT2D eigenvalue weighted by Crippen LogP contribution is 2.27. The zero-order valence-corrected chi connectivity index (χ0v) is 17.0. The van der Waals surface area contributed by atoms with Crippen LogP contribution in [0.1, 0.15) is 61.0 Å². The van der Waals surface area contributed by atoms with E-state index in [9.17, 15) is 4.79 Å². The van der Waals surface area contributed by atoms with Gasteiger partial charge < -0.3 is 9.72 Å². The minimum Gasteiger partial charge on any atom is -0.349 e. The largest absolute Gasteiger partial charge is 0.349 e. The van der Waals surface area contributed by atoms with Crippen LogP contribution in [-0.2, 0) is 5.75 Å². The maximum atomic E-state index is 12.9. The molecular weight excluding hydrogens is 366 g/mol. The highest BCUT2D eigenvalue weighted by Gasteiger charge is 2.17. The lowest BCUT2D eigenvalue weighted by Crippen LogP contribution is -2.35. The number of imidazole rings is 1. The van der Waals surface area contributed by atoms with Gasteiger partial charge in [-0.2, -0.15) is 0 Å². The van der Waals surface area contributed by atoms with E-state index in [2.05, 4.69) is 16.5 Å². The molecule has 0 atom stereocenters. The number of hydrogen-bond donors (Lipinski definition) is 1. The molecule has 2 heterocycles. The summed E-state index contributed by atoms with van der Waals surface area (Å²) >= 11 is 1.68. The van der Waals surface area contributed by atoms with E-state index >= 15 is 0 Å². The predicted octanol–water partition coefficient (Wildman–Crippen LogP) is 5.47. The van der Waals surface area contributed by atoms with Crippen LogP contribution >= 0.6 is 11.8 Å². The van der Waals surface area contributed by atoms with Crippen LogP contribution in [0.3, 0.4) is 0 Å². The number of rotatable bonds is 5. The van der Waals surface area contributed by atoms with E-state index in [-0.39, 0.29) is 5.91 Å². The lowest BCUT2D eigenvalue weighted by Gasteiger charge is -2.21. The molecule has 4 rings (SSSR count). The van der Waals surface area contributed by atoms with Gasteiger partial charge in [0.15, 0.2) is 0 Å². The minimum absolute atomic E-state index is 0.0590. The SMILES string of the molecule is O=C(NC1CCCCCCC1)c1ccccc1SCc1cn2ccccc2n1. The van der Waals surface area contributed by atoms with Crippen LogP contribution in [0.2, 0.25) is 0 Å². The van der Waals surface area contributed by atoms with Crippen LogP contribution in [0, 0.1) is 0 Å². The summed E-state index contributed by atoms with van der Waals surface area (Å²) in [6.45, 7) is 0. The molecule has 1 aromatic carbocycles. The van der Waals surface area contributed by atoms with E-state index in [4.69, 9.17) is 0 Å². The maximum absolute atomic E-state index is 12.9. The van der Waals surface area contributed by atoms with Crippen molar-refractivity contribution in [3.63, 3.8) is 0 Å². The average Bonchev–Trinajstić information content (AvgIpc) is 3.11. The molecule has 1 aliphatic rings. The molecule has 0 bridgehead atoms. The van der Waals surface area contributed by atoms with E-state index in [1.165, 1.54) is 32.1 Å². The number of carbonyl (C=O) groups is 1. The fourth-order valence-electron chi connectivity index (χ4n) is 3.85. The zero-order chi connectivity index (χ0) is 19.2. The number of amides is 1. The second kappa shape index (κ2) is 9.28. The smallest absolute Gasteiger partial charge is 0.252 e. The highest BCUT2D eigenvalue weighted by atomic mass is 32.2. The summed E-state index contributed by atoms with van der Waals surface area (Å²) in [6, 6.07) is 14.2. The summed E-state index contributed by atoms with van der Waals surface area (Å²) in [5.74, 6) is 0.804. The highest BCUT2D eigenvalue weighted by molar-refractivity contribution is 7.98. The van der Waals surface area contributed by atoms with Crippen LogP contribution in [0.25, 0.3) is 5.65 Å². The van der Waals surface area contributed by atoms with Crippen molar-refractivity contribution in [2.45, 2.75) is 61.6 Å². The fourth-order valence-corrected chi connectivity index (χ4v) is 4.79. The van der Waals surface area contributed by atoms with Crippen molar-refractivity contribution < 1.29 is 4.79 Å². The molecule has 0 aliphatic heterocycles. The topological polar surface area (TPSA) is 46.4 Å². The normalized spacial score (nSPS) is 15.9. The van der Waals surface area contributed by atoms with Gasteiger partial charge in [-0.25, -0.2) is 4.98 Å². The summed E-state index contributed by atoms with van der Waals surface area (Å²) in [5.41, 5.74) is 2.75. The Labute approximate surface area is 170 Å². The summed E-state index contributed by atoms with van der Waals surface area (Å²) in [6.07, 6.45) is 12.6. The van der Waals surface area contributed by atoms with E-state index in [1.807, 2.05) is 53.1 Å². The molecule has 1 amide bonds. The number of nitrogens with one attached hydrogen (secondary N) is 1. The summed E-state index contributed by atoms with van der Waals surface area (Å²) in [7, 11) is 0. The maximum Gasteiger partial charge on any atom is 0.252 e. The number of nitrogens with zero attached hydrogens (tertiary/aromatic N) is 2. The van der Waals surface area contributed by atoms with Gasteiger partial charge in [0.25, 0.3) is 5.91 Å². The standard InChI is InChI=1S/C23H27N3OS/c27-23(25-18-10-4-2-1-3-5-11-18)20-12-6-7-13-21(20)28-17-19-16-26-15-9-8-14-22(26)24-19/h6-9,12-16,18H,1-5,10-11,17H2,(H,25,27). The van der Waals surface area contributed by atoms with Gasteiger partial charge in [-0.15, -0.1) is 11.8 Å². The lowest BCUT2D eigenvalue weighted by molar-refractivity contribution is 0.0927. The molecular formula is C23H27N3OS. The van der Waals surface area contributed by atoms with Crippen molar-refractivity contribution in [1.82, 2.24) is 14.7 Å². The molecule has 146 valence electrons. The first-order valence-corrected chi connectivity index (χ1v) is 11.2. The van der Waals surface area contributed by atoms with Gasteiger partial charge in [0.05, 0.1) is 11.3 Å². The average molecular weight is 394 g/mol. The molecule has 1 fully saturated rings. The molecule has 0 saturated heterocycles. The Bertz CT molecular complexity index is 895. The molecule has 3 aromatic rings. The van der Waals surface area contributed by atoms with Crippen LogP contribution in [0.15, 0.2) is 59.8 Å². The van der Waals surface area contributed by atoms with Crippen molar-refractivity contribution in [3.05, 3.63) is 66.1 Å². The molecule has 0 unspecified atom stereocenters. The van der Waals surface area contributed by atoms with Crippen molar-refractivity contribution in [1.29, 1.82) is 0 Å². The van der Waals surface area contributed by atoms with Crippen molar-refractivity contribution >= 4 is 23.3 Å². The Hall–Kier alpha value is -2.27. The minimum atomic E-state index is 0.0590. The molecule has 4 nitrogen and oxygen atoms in total. The number of aromatic nitrogens is 2. The Morgan fingerprint density at radius 3 is 2.61 bits per heavy atom. The Morgan fingerprint density at radius 2 is 1.79 bits per heavy atom. The molecule has 0 spiro atoms. The molecule has 0 radical (unpaired) electrons. The third-order valence-corrected chi connectivity index (χ3v) is 6.47. The molecule has 1 N–H and O–H groups in total. The quantitative estimate of drug-likeness (QED) is 0.585. The number of carbonyl (C=O) groups excluding carboxylic acids is 1. The van der Waals surface area contributed by atoms with Gasteiger partial charge in [0.1, 0.15) is 5.65 Å². The van der Waals surface area contributed by atoms with Crippen LogP contribution < -0.4 is 5.32 Å². The van der Waals surface area contributed by atoms with Gasteiger partial charge in [-0.05, 0) is 37.1 Å². The Morgan fingerprint density at radius 1 is 1.04 bits per heavy atom. The first kappa shape index (κ1) is 19.1. The van der Waals surface area contributed by atoms with Gasteiger partial charge >= 0.3 is 0 Å². The third-order valence-electron chi connectivity index (χ3n) is 5.36. The van der Waals surface area contributed by atoms with Gasteiger partial charge in [0.2, 0.25) is 0 Å². The second-order valence-electron chi connectivity index (χ2n) is 7.50. The summed E-state index contributed by atoms with van der Waals surface area (Å²) in [4.78, 5) is 18.6. The molecule has 1 saturated carbocycles. The second-order valence-corrected chi connectivity index (χ2v) is 8.52. The van der Waals surface area contributed by atoms with Gasteiger partial charge in [-0.1, -0.05) is 50.3 Å². The summed E-state index contributed by atoms with van der Waals surface area (Å²) in [5, 5.41) is 3.29. The van der Waals surface area contributed by atoms with Crippen LogP contribution in [-0.4, -0.2) is 21.3 Å². The Kier molecular flexibility index (Phi) is 6.32. The molecule has 5 heteroatoms. The van der Waals surface area contributed by atoms with E-state index < -0.39 is 0 Å². The first-order valence-electron chi connectivity index (χ1n) is 10.2. The number of hydrogen-bond acceptors (Lipinski definition) is 3. The predicted molar refractivity (Wildman–Crippen MR) is 115 cm³/mol. The fraction of sp³-hybridized carbons (Fsp3) is 0.391. The van der Waals surface area contributed by atoms with E-state index in [0.29, 0.717) is 6.04 Å². The van der Waals surface area contributed by atoms with Crippen LogP contribution in [0.5, 0.6) is 0 Å². The monoisotopic (exact) mass is 393 g/mol. The molecule has 1 aliphatic carbocycles. The number of fused-ring (bicyclic) bond motifs is 1. The van der Waals surface area contributed by atoms with Gasteiger partial charge in [0, 0.05) is 29.1 Å². The lowest BCUT2D eigenvalue weighted by atomic mass is 9.96. The molecule has 28 heavy (non-hydrogen) atoms. The van der Waals surface area contributed by atoms with E-state index in [1.54, 1.807) is 11.8 Å². The Balaban J connectivity index is 1.42.